The fourth-order valence-electron chi connectivity index (χ4n) is 3.47. The van der Waals surface area contributed by atoms with Gasteiger partial charge in [-0.05, 0) is 45.8 Å². The number of thioether (sulfide) groups is 1. The Bertz CT molecular complexity index is 1220. The van der Waals surface area contributed by atoms with Crippen molar-refractivity contribution in [2.24, 2.45) is 0 Å². The number of rotatable bonds is 4. The van der Waals surface area contributed by atoms with Gasteiger partial charge in [-0.2, -0.15) is 18.4 Å². The third-order valence-electron chi connectivity index (χ3n) is 4.93. The monoisotopic (exact) mass is 535 g/mol. The standard InChI is InChI=1S/C22H13BrF3N3OS2/c23-17-10-9-16(31-17)18(30)19-21(22(24,25)26,13-6-2-1-3-7-13)29-20(32-19)14(12-27)15-8-4-5-11-28-15/h1-11,19,29H. The van der Waals surface area contributed by atoms with E-state index < -0.39 is 22.7 Å². The number of nitriles is 1. The van der Waals surface area contributed by atoms with Gasteiger partial charge < -0.3 is 5.32 Å². The summed E-state index contributed by atoms with van der Waals surface area (Å²) in [6, 6.07) is 17.1. The zero-order valence-corrected chi connectivity index (χ0v) is 19.3. The van der Waals surface area contributed by atoms with Crippen LogP contribution in [0.25, 0.3) is 5.57 Å². The molecular formula is C22H13BrF3N3OS2. The second kappa shape index (κ2) is 8.73. The molecule has 3 heterocycles. The van der Waals surface area contributed by atoms with Crippen molar-refractivity contribution in [3.05, 3.63) is 91.8 Å². The minimum atomic E-state index is -4.84. The molecule has 32 heavy (non-hydrogen) atoms. The minimum Gasteiger partial charge on any atom is -0.360 e. The predicted octanol–water partition coefficient (Wildman–Crippen LogP) is 6.14. The second-order valence-corrected chi connectivity index (χ2v) is 10.4. The Morgan fingerprint density at radius 3 is 2.41 bits per heavy atom. The summed E-state index contributed by atoms with van der Waals surface area (Å²) >= 11 is 5.03. The van der Waals surface area contributed by atoms with Crippen LogP contribution in [0.2, 0.25) is 0 Å². The number of allylic oxidation sites excluding steroid dienone is 1. The zero-order valence-electron chi connectivity index (χ0n) is 16.1. The van der Waals surface area contributed by atoms with E-state index >= 15 is 0 Å². The van der Waals surface area contributed by atoms with Gasteiger partial charge in [-0.25, -0.2) is 0 Å². The maximum absolute atomic E-state index is 14.8. The predicted molar refractivity (Wildman–Crippen MR) is 122 cm³/mol. The zero-order chi connectivity index (χ0) is 22.9. The van der Waals surface area contributed by atoms with Crippen molar-refractivity contribution in [2.75, 3.05) is 0 Å². The SMILES string of the molecule is N#CC(=C1NC(c2ccccc2)(C(F)(F)F)C(C(=O)c2ccc(Br)s2)S1)c1ccccn1. The van der Waals surface area contributed by atoms with Crippen LogP contribution in [0.5, 0.6) is 0 Å². The number of carbonyl (C=O) groups is 1. The molecule has 10 heteroatoms. The highest BCUT2D eigenvalue weighted by atomic mass is 79.9. The molecule has 1 aliphatic heterocycles. The molecule has 4 rings (SSSR count). The van der Waals surface area contributed by atoms with E-state index in [2.05, 4.69) is 26.2 Å². The number of hydrogen-bond donors (Lipinski definition) is 1. The van der Waals surface area contributed by atoms with Gasteiger partial charge in [-0.1, -0.05) is 48.2 Å². The van der Waals surface area contributed by atoms with E-state index in [1.807, 2.05) is 6.07 Å². The molecular weight excluding hydrogens is 523 g/mol. The summed E-state index contributed by atoms with van der Waals surface area (Å²) in [6.45, 7) is 0. The summed E-state index contributed by atoms with van der Waals surface area (Å²) in [7, 11) is 0. The number of hydrogen-bond acceptors (Lipinski definition) is 6. The van der Waals surface area contributed by atoms with Crippen LogP contribution < -0.4 is 5.32 Å². The highest BCUT2D eigenvalue weighted by Crippen LogP contribution is 2.55. The normalized spacial score (nSPS) is 22.2. The van der Waals surface area contributed by atoms with Crippen molar-refractivity contribution in [2.45, 2.75) is 17.0 Å². The highest BCUT2D eigenvalue weighted by molar-refractivity contribution is 9.11. The Balaban J connectivity index is 1.95. The summed E-state index contributed by atoms with van der Waals surface area (Å²) in [5.74, 6) is -0.673. The molecule has 1 N–H and O–H groups in total. The van der Waals surface area contributed by atoms with Crippen molar-refractivity contribution < 1.29 is 18.0 Å². The highest BCUT2D eigenvalue weighted by Gasteiger charge is 2.67. The van der Waals surface area contributed by atoms with Gasteiger partial charge in [0.1, 0.15) is 16.9 Å². The van der Waals surface area contributed by atoms with Crippen molar-refractivity contribution in [3.63, 3.8) is 0 Å². The molecule has 0 radical (unpaired) electrons. The molecule has 0 aliphatic carbocycles. The maximum Gasteiger partial charge on any atom is 0.417 e. The number of aromatic nitrogens is 1. The van der Waals surface area contributed by atoms with Gasteiger partial charge in [0.15, 0.2) is 11.3 Å². The minimum absolute atomic E-state index is 0.0404. The second-order valence-electron chi connectivity index (χ2n) is 6.79. The lowest BCUT2D eigenvalue weighted by Gasteiger charge is -2.36. The van der Waals surface area contributed by atoms with Gasteiger partial charge in [0, 0.05) is 6.20 Å². The molecule has 1 aliphatic rings. The Morgan fingerprint density at radius 1 is 1.12 bits per heavy atom. The number of alkyl halides is 3. The molecule has 0 saturated carbocycles. The van der Waals surface area contributed by atoms with E-state index in [9.17, 15) is 23.2 Å². The summed E-state index contributed by atoms with van der Waals surface area (Å²) in [5, 5.41) is 10.7. The largest absolute Gasteiger partial charge is 0.417 e. The van der Waals surface area contributed by atoms with E-state index in [1.54, 1.807) is 24.3 Å². The van der Waals surface area contributed by atoms with Gasteiger partial charge in [0.25, 0.3) is 0 Å². The van der Waals surface area contributed by atoms with Gasteiger partial charge >= 0.3 is 6.18 Å². The van der Waals surface area contributed by atoms with Crippen LogP contribution in [0.15, 0.2) is 75.7 Å². The summed E-state index contributed by atoms with van der Waals surface area (Å²) < 4.78 is 45.1. The number of pyridine rings is 1. The molecule has 0 spiro atoms. The van der Waals surface area contributed by atoms with Gasteiger partial charge in [-0.15, -0.1) is 11.3 Å². The van der Waals surface area contributed by atoms with Gasteiger partial charge in [-0.3, -0.25) is 9.78 Å². The molecule has 2 atom stereocenters. The molecule has 3 aromatic rings. The number of nitrogens with one attached hydrogen (secondary N) is 1. The number of thiophene rings is 1. The van der Waals surface area contributed by atoms with Crippen LogP contribution in [-0.2, 0) is 5.54 Å². The van der Waals surface area contributed by atoms with E-state index in [4.69, 9.17) is 0 Å². The van der Waals surface area contributed by atoms with Crippen LogP contribution in [0.1, 0.15) is 20.9 Å². The first-order valence-corrected chi connectivity index (χ1v) is 11.7. The quantitative estimate of drug-likeness (QED) is 0.321. The maximum atomic E-state index is 14.8. The summed E-state index contributed by atoms with van der Waals surface area (Å²) in [5.41, 5.74) is -2.66. The van der Waals surface area contributed by atoms with Crippen molar-refractivity contribution >= 4 is 50.4 Å². The molecule has 2 aromatic heterocycles. The third kappa shape index (κ3) is 3.85. The Kier molecular flexibility index (Phi) is 6.16. The molecule has 4 nitrogen and oxygen atoms in total. The van der Waals surface area contributed by atoms with E-state index in [0.29, 0.717) is 15.5 Å². The average Bonchev–Trinajstić information content (AvgIpc) is 3.40. The molecule has 2 unspecified atom stereocenters. The van der Waals surface area contributed by atoms with Crippen LogP contribution in [0, 0.1) is 11.3 Å². The number of Topliss-reactive ketones (excluding diaryl/α,β-unsaturated/α-hetero) is 1. The Labute approximate surface area is 198 Å². The van der Waals surface area contributed by atoms with E-state index in [-0.39, 0.29) is 26.7 Å². The fourth-order valence-corrected chi connectivity index (χ4v) is 6.36. The first-order chi connectivity index (χ1) is 15.3. The molecule has 162 valence electrons. The molecule has 1 aromatic carbocycles. The lowest BCUT2D eigenvalue weighted by molar-refractivity contribution is -0.193. The number of carbonyl (C=O) groups excluding carboxylic acids is 1. The number of nitrogens with zero attached hydrogens (tertiary/aromatic N) is 2. The Morgan fingerprint density at radius 2 is 1.84 bits per heavy atom. The molecule has 0 amide bonds. The average molecular weight is 536 g/mol. The lowest BCUT2D eigenvalue weighted by Crippen LogP contribution is -2.57. The smallest absolute Gasteiger partial charge is 0.360 e. The molecule has 1 fully saturated rings. The van der Waals surface area contributed by atoms with Gasteiger partial charge in [0.2, 0.25) is 0 Å². The lowest BCUT2D eigenvalue weighted by atomic mass is 9.83. The first-order valence-electron chi connectivity index (χ1n) is 9.20. The third-order valence-corrected chi connectivity index (χ3v) is 7.91. The Hall–Kier alpha value is -2.61. The van der Waals surface area contributed by atoms with Crippen molar-refractivity contribution in [1.82, 2.24) is 10.3 Å². The number of benzene rings is 1. The van der Waals surface area contributed by atoms with Crippen LogP contribution in [0.3, 0.4) is 0 Å². The summed E-state index contributed by atoms with van der Waals surface area (Å²) in [4.78, 5) is 17.7. The molecule has 1 saturated heterocycles. The van der Waals surface area contributed by atoms with E-state index in [0.717, 1.165) is 11.3 Å². The number of ketones is 1. The van der Waals surface area contributed by atoms with Gasteiger partial charge in [0.05, 0.1) is 19.4 Å². The van der Waals surface area contributed by atoms with Crippen LogP contribution in [-0.4, -0.2) is 22.2 Å². The van der Waals surface area contributed by atoms with E-state index in [1.165, 1.54) is 42.6 Å². The van der Waals surface area contributed by atoms with Crippen molar-refractivity contribution in [3.8, 4) is 6.07 Å². The van der Waals surface area contributed by atoms with Crippen LogP contribution >= 0.6 is 39.0 Å². The van der Waals surface area contributed by atoms with Crippen LogP contribution in [0.4, 0.5) is 13.2 Å². The number of halogens is 4. The van der Waals surface area contributed by atoms with Crippen molar-refractivity contribution in [1.29, 1.82) is 5.26 Å². The summed E-state index contributed by atoms with van der Waals surface area (Å²) in [6.07, 6.45) is -3.39. The topological polar surface area (TPSA) is 65.8 Å². The first kappa shape index (κ1) is 22.6. The fraction of sp³-hybridized carbons (Fsp3) is 0.136. The molecule has 0 bridgehead atoms.